The van der Waals surface area contributed by atoms with Crippen LogP contribution >= 0.6 is 12.2 Å². The maximum Gasteiger partial charge on any atom is 0.337 e. The molecule has 1 aliphatic rings. The van der Waals surface area contributed by atoms with Gasteiger partial charge in [0.1, 0.15) is 11.6 Å². The molecule has 0 aliphatic carbocycles. The Morgan fingerprint density at radius 2 is 1.70 bits per heavy atom. The molecule has 0 unspecified atom stereocenters. The maximum absolute atomic E-state index is 14.4. The summed E-state index contributed by atoms with van der Waals surface area (Å²) >= 11 is 5.44. The number of nitrogens with one attached hydrogen (secondary N) is 1. The van der Waals surface area contributed by atoms with Crippen LogP contribution < -0.4 is 10.2 Å². The molecule has 0 saturated carbocycles. The molecule has 27 heavy (non-hydrogen) atoms. The van der Waals surface area contributed by atoms with Crippen molar-refractivity contribution in [1.29, 1.82) is 0 Å². The van der Waals surface area contributed by atoms with Gasteiger partial charge in [0, 0.05) is 11.4 Å². The average Bonchev–Trinajstić information content (AvgIpc) is 2.62. The van der Waals surface area contributed by atoms with Gasteiger partial charge in [-0.15, -0.1) is 0 Å². The molecule has 140 valence electrons. The first-order chi connectivity index (χ1) is 12.8. The van der Waals surface area contributed by atoms with Gasteiger partial charge in [-0.2, -0.15) is 0 Å². The van der Waals surface area contributed by atoms with E-state index in [9.17, 15) is 13.6 Å². The normalized spacial score (nSPS) is 17.0. The highest BCUT2D eigenvalue weighted by Crippen LogP contribution is 2.36. The second-order valence-electron chi connectivity index (χ2n) is 6.18. The van der Waals surface area contributed by atoms with Crippen LogP contribution in [-0.4, -0.2) is 18.2 Å². The Morgan fingerprint density at radius 3 is 2.26 bits per heavy atom. The SMILES string of the molecule is COC(=O)C1=C(C)N(c2ccc(C)cc2)C(=S)N[C@@H]1c1c(F)cccc1F. The molecule has 3 rings (SSSR count). The molecule has 0 radical (unpaired) electrons. The monoisotopic (exact) mass is 388 g/mol. The third kappa shape index (κ3) is 3.42. The number of carbonyl (C=O) groups is 1. The lowest BCUT2D eigenvalue weighted by atomic mass is 9.94. The lowest BCUT2D eigenvalue weighted by Gasteiger charge is -2.37. The Kier molecular flexibility index (Phi) is 5.23. The van der Waals surface area contributed by atoms with Crippen LogP contribution in [0.15, 0.2) is 53.7 Å². The van der Waals surface area contributed by atoms with Gasteiger partial charge in [-0.1, -0.05) is 23.8 Å². The van der Waals surface area contributed by atoms with Gasteiger partial charge in [0.15, 0.2) is 5.11 Å². The second kappa shape index (κ2) is 7.44. The average molecular weight is 388 g/mol. The number of allylic oxidation sites excluding steroid dienone is 1. The first kappa shape index (κ1) is 19.0. The zero-order chi connectivity index (χ0) is 19.7. The van der Waals surface area contributed by atoms with Crippen LogP contribution in [0.3, 0.4) is 0 Å². The summed E-state index contributed by atoms with van der Waals surface area (Å²) in [4.78, 5) is 14.1. The molecule has 0 bridgehead atoms. The molecular weight excluding hydrogens is 370 g/mol. The van der Waals surface area contributed by atoms with Crippen molar-refractivity contribution in [3.05, 3.63) is 76.5 Å². The summed E-state index contributed by atoms with van der Waals surface area (Å²) < 4.78 is 33.6. The minimum atomic E-state index is -1.09. The number of hydrogen-bond donors (Lipinski definition) is 1. The number of ether oxygens (including phenoxy) is 1. The van der Waals surface area contributed by atoms with Crippen LogP contribution in [0.2, 0.25) is 0 Å². The number of hydrogen-bond acceptors (Lipinski definition) is 3. The number of halogens is 2. The predicted molar refractivity (Wildman–Crippen MR) is 103 cm³/mol. The second-order valence-corrected chi connectivity index (χ2v) is 6.57. The molecule has 1 aliphatic heterocycles. The van der Waals surface area contributed by atoms with Gasteiger partial charge in [0.2, 0.25) is 0 Å². The van der Waals surface area contributed by atoms with Crippen molar-refractivity contribution in [1.82, 2.24) is 5.32 Å². The summed E-state index contributed by atoms with van der Waals surface area (Å²) in [7, 11) is 1.22. The fourth-order valence-electron chi connectivity index (χ4n) is 3.13. The van der Waals surface area contributed by atoms with Crippen LogP contribution in [0.5, 0.6) is 0 Å². The number of rotatable bonds is 3. The van der Waals surface area contributed by atoms with Gasteiger partial charge < -0.3 is 10.1 Å². The molecule has 0 saturated heterocycles. The number of methoxy groups -OCH3 is 1. The molecule has 1 N–H and O–H groups in total. The number of esters is 1. The fourth-order valence-corrected chi connectivity index (χ4v) is 3.49. The highest BCUT2D eigenvalue weighted by atomic mass is 32.1. The molecule has 2 aromatic carbocycles. The van der Waals surface area contributed by atoms with Crippen LogP contribution in [0.25, 0.3) is 0 Å². The van der Waals surface area contributed by atoms with Crippen molar-refractivity contribution in [3.63, 3.8) is 0 Å². The third-order valence-corrected chi connectivity index (χ3v) is 4.77. The van der Waals surface area contributed by atoms with E-state index in [2.05, 4.69) is 5.32 Å². The summed E-state index contributed by atoms with van der Waals surface area (Å²) in [5, 5.41) is 3.12. The minimum Gasteiger partial charge on any atom is -0.466 e. The third-order valence-electron chi connectivity index (χ3n) is 4.47. The molecule has 1 heterocycles. The van der Waals surface area contributed by atoms with Crippen molar-refractivity contribution in [2.24, 2.45) is 0 Å². The fraction of sp³-hybridized carbons (Fsp3) is 0.200. The standard InChI is InChI=1S/C20H18F2N2O2S/c1-11-7-9-13(10-8-11)24-12(2)16(19(25)26-3)18(23-20(24)27)17-14(21)5-4-6-15(17)22/h4-10,18H,1-3H3,(H,23,27)/t18-/m0/s1. The van der Waals surface area contributed by atoms with Crippen LogP contribution in [0.4, 0.5) is 14.5 Å². The van der Waals surface area contributed by atoms with E-state index < -0.39 is 23.6 Å². The summed E-state index contributed by atoms with van der Waals surface area (Å²) in [6.45, 7) is 3.63. The van der Waals surface area contributed by atoms with Crippen LogP contribution in [0.1, 0.15) is 24.1 Å². The van der Waals surface area contributed by atoms with E-state index in [1.165, 1.54) is 13.2 Å². The highest BCUT2D eigenvalue weighted by Gasteiger charge is 2.37. The largest absolute Gasteiger partial charge is 0.466 e. The number of aryl methyl sites for hydroxylation is 1. The van der Waals surface area contributed by atoms with E-state index in [1.54, 1.807) is 11.8 Å². The van der Waals surface area contributed by atoms with Crippen molar-refractivity contribution < 1.29 is 18.3 Å². The first-order valence-corrected chi connectivity index (χ1v) is 8.66. The van der Waals surface area contributed by atoms with Crippen molar-refractivity contribution in [3.8, 4) is 0 Å². The van der Waals surface area contributed by atoms with Gasteiger partial charge in [-0.05, 0) is 50.3 Å². The number of nitrogens with zero attached hydrogens (tertiary/aromatic N) is 1. The Bertz CT molecular complexity index is 921. The molecule has 0 fully saturated rings. The van der Waals surface area contributed by atoms with E-state index >= 15 is 0 Å². The molecule has 2 aromatic rings. The van der Waals surface area contributed by atoms with E-state index in [0.29, 0.717) is 5.70 Å². The Morgan fingerprint density at radius 1 is 1.11 bits per heavy atom. The minimum absolute atomic E-state index is 0.0932. The van der Waals surface area contributed by atoms with Gasteiger partial charge >= 0.3 is 5.97 Å². The topological polar surface area (TPSA) is 41.6 Å². The molecule has 7 heteroatoms. The smallest absolute Gasteiger partial charge is 0.337 e. The lowest BCUT2D eigenvalue weighted by Crippen LogP contribution is -2.48. The highest BCUT2D eigenvalue weighted by molar-refractivity contribution is 7.80. The van der Waals surface area contributed by atoms with Gasteiger partial charge in [0.05, 0.1) is 24.3 Å². The van der Waals surface area contributed by atoms with Crippen molar-refractivity contribution in [2.45, 2.75) is 19.9 Å². The summed E-state index contributed by atoms with van der Waals surface area (Å²) in [5.74, 6) is -2.23. The quantitative estimate of drug-likeness (QED) is 0.632. The number of carbonyl (C=O) groups excluding carboxylic acids is 1. The number of anilines is 1. The van der Waals surface area contributed by atoms with Crippen LogP contribution in [0, 0.1) is 18.6 Å². The Labute approximate surface area is 161 Å². The predicted octanol–water partition coefficient (Wildman–Crippen LogP) is 4.16. The summed E-state index contributed by atoms with van der Waals surface area (Å²) in [6.07, 6.45) is 0. The first-order valence-electron chi connectivity index (χ1n) is 8.25. The van der Waals surface area contributed by atoms with Crippen LogP contribution in [-0.2, 0) is 9.53 Å². The number of benzene rings is 2. The van der Waals surface area contributed by atoms with E-state index in [0.717, 1.165) is 23.4 Å². The summed E-state index contributed by atoms with van der Waals surface area (Å²) in [5.41, 5.74) is 2.06. The van der Waals surface area contributed by atoms with Gasteiger partial charge in [-0.3, -0.25) is 4.90 Å². The van der Waals surface area contributed by atoms with E-state index in [1.807, 2.05) is 31.2 Å². The zero-order valence-corrected chi connectivity index (χ0v) is 15.9. The van der Waals surface area contributed by atoms with E-state index in [4.69, 9.17) is 17.0 Å². The molecular formula is C20H18F2N2O2S. The molecule has 0 spiro atoms. The van der Waals surface area contributed by atoms with Crippen molar-refractivity contribution >= 4 is 29.0 Å². The maximum atomic E-state index is 14.4. The van der Waals surface area contributed by atoms with Crippen molar-refractivity contribution in [2.75, 3.05) is 12.0 Å². The lowest BCUT2D eigenvalue weighted by molar-refractivity contribution is -0.136. The Balaban J connectivity index is 2.19. The zero-order valence-electron chi connectivity index (χ0n) is 15.0. The van der Waals surface area contributed by atoms with Gasteiger partial charge in [-0.25, -0.2) is 13.6 Å². The Hall–Kier alpha value is -2.80. The molecule has 0 aromatic heterocycles. The molecule has 0 amide bonds. The molecule has 4 nitrogen and oxygen atoms in total. The van der Waals surface area contributed by atoms with Gasteiger partial charge in [0.25, 0.3) is 0 Å². The van der Waals surface area contributed by atoms with E-state index in [-0.39, 0.29) is 16.2 Å². The summed E-state index contributed by atoms with van der Waals surface area (Å²) in [6, 6.07) is 9.98. The number of thiocarbonyl (C=S) groups is 1. The molecule has 1 atom stereocenters.